The molecule has 134 valence electrons. The summed E-state index contributed by atoms with van der Waals surface area (Å²) in [7, 11) is 0. The highest BCUT2D eigenvalue weighted by molar-refractivity contribution is 7.18. The van der Waals surface area contributed by atoms with Crippen molar-refractivity contribution in [3.63, 3.8) is 0 Å². The molecule has 5 nitrogen and oxygen atoms in total. The number of esters is 1. The lowest BCUT2D eigenvalue weighted by Gasteiger charge is -2.04. The van der Waals surface area contributed by atoms with Crippen LogP contribution in [0.5, 0.6) is 0 Å². The number of carbonyl (C=O) groups is 3. The van der Waals surface area contributed by atoms with Gasteiger partial charge >= 0.3 is 5.97 Å². The van der Waals surface area contributed by atoms with Crippen molar-refractivity contribution in [2.45, 2.75) is 19.8 Å². The highest BCUT2D eigenvalue weighted by atomic mass is 35.5. The fraction of sp³-hybridized carbons (Fsp3) is 0.211. The van der Waals surface area contributed by atoms with Gasteiger partial charge < -0.3 is 9.72 Å². The highest BCUT2D eigenvalue weighted by Crippen LogP contribution is 2.24. The zero-order valence-electron chi connectivity index (χ0n) is 14.0. The van der Waals surface area contributed by atoms with E-state index in [0.717, 1.165) is 16.6 Å². The molecule has 7 heteroatoms. The Kier molecular flexibility index (Phi) is 5.54. The Morgan fingerprint density at radius 2 is 1.85 bits per heavy atom. The number of rotatable bonds is 7. The van der Waals surface area contributed by atoms with Gasteiger partial charge in [0, 0.05) is 28.6 Å². The Morgan fingerprint density at radius 1 is 1.08 bits per heavy atom. The van der Waals surface area contributed by atoms with E-state index in [1.54, 1.807) is 19.1 Å². The van der Waals surface area contributed by atoms with Gasteiger partial charge in [-0.2, -0.15) is 0 Å². The number of aryl methyl sites for hydroxylation is 1. The molecule has 26 heavy (non-hydrogen) atoms. The number of ketones is 2. The molecular formula is C19H16ClNO4S. The van der Waals surface area contributed by atoms with Crippen LogP contribution in [0.25, 0.3) is 10.9 Å². The first-order valence-electron chi connectivity index (χ1n) is 8.00. The van der Waals surface area contributed by atoms with Crippen molar-refractivity contribution in [2.75, 3.05) is 6.61 Å². The molecule has 0 spiro atoms. The summed E-state index contributed by atoms with van der Waals surface area (Å²) in [5.74, 6) is -1.02. The lowest BCUT2D eigenvalue weighted by molar-refractivity contribution is -0.142. The maximum absolute atomic E-state index is 12.4. The van der Waals surface area contributed by atoms with Crippen LogP contribution in [0.3, 0.4) is 0 Å². The van der Waals surface area contributed by atoms with E-state index in [2.05, 4.69) is 4.98 Å². The second-order valence-corrected chi connectivity index (χ2v) is 7.50. The van der Waals surface area contributed by atoms with Crippen LogP contribution < -0.4 is 0 Å². The van der Waals surface area contributed by atoms with Gasteiger partial charge in [-0.25, -0.2) is 0 Å². The topological polar surface area (TPSA) is 76.2 Å². The number of hydrogen-bond acceptors (Lipinski definition) is 5. The normalized spacial score (nSPS) is 10.8. The van der Waals surface area contributed by atoms with Crippen molar-refractivity contribution in [3.8, 4) is 0 Å². The van der Waals surface area contributed by atoms with Crippen molar-refractivity contribution in [1.82, 2.24) is 4.98 Å². The summed E-state index contributed by atoms with van der Waals surface area (Å²) in [5.41, 5.74) is 2.12. The summed E-state index contributed by atoms with van der Waals surface area (Å²) in [6.45, 7) is 1.46. The summed E-state index contributed by atoms with van der Waals surface area (Å²) in [4.78, 5) is 39.9. The van der Waals surface area contributed by atoms with Crippen molar-refractivity contribution >= 4 is 51.4 Å². The van der Waals surface area contributed by atoms with Gasteiger partial charge in [-0.1, -0.05) is 29.8 Å². The third-order valence-corrected chi connectivity index (χ3v) is 5.21. The average Bonchev–Trinajstić information content (AvgIpc) is 3.20. The minimum Gasteiger partial charge on any atom is -0.457 e. The van der Waals surface area contributed by atoms with Gasteiger partial charge in [0.25, 0.3) is 0 Å². The number of halogens is 1. The number of Topliss-reactive ketones (excluding diaryl/α,β-unsaturated/α-hetero) is 2. The molecule has 0 saturated heterocycles. The molecule has 0 radical (unpaired) electrons. The number of para-hydroxylation sites is 1. The molecule has 0 aliphatic rings. The molecule has 3 rings (SSSR count). The molecule has 2 heterocycles. The third-order valence-electron chi connectivity index (χ3n) is 3.94. The Balaban J connectivity index is 1.55. The monoisotopic (exact) mass is 389 g/mol. The Morgan fingerprint density at radius 3 is 2.58 bits per heavy atom. The van der Waals surface area contributed by atoms with Crippen LogP contribution in [-0.4, -0.2) is 29.1 Å². The minimum absolute atomic E-state index is 0.0238. The molecule has 0 saturated carbocycles. The molecule has 0 fully saturated rings. The van der Waals surface area contributed by atoms with E-state index in [9.17, 15) is 14.4 Å². The predicted molar refractivity (Wildman–Crippen MR) is 101 cm³/mol. The first kappa shape index (κ1) is 18.4. The number of aromatic nitrogens is 1. The fourth-order valence-electron chi connectivity index (χ4n) is 2.73. The summed E-state index contributed by atoms with van der Waals surface area (Å²) in [6.07, 6.45) is -0.0511. The third kappa shape index (κ3) is 4.03. The van der Waals surface area contributed by atoms with Gasteiger partial charge in [-0.3, -0.25) is 14.4 Å². The minimum atomic E-state index is -0.577. The van der Waals surface area contributed by atoms with Crippen LogP contribution in [0.2, 0.25) is 4.34 Å². The van der Waals surface area contributed by atoms with E-state index < -0.39 is 5.97 Å². The number of benzene rings is 1. The van der Waals surface area contributed by atoms with Gasteiger partial charge in [-0.15, -0.1) is 11.3 Å². The zero-order valence-corrected chi connectivity index (χ0v) is 15.6. The average molecular weight is 390 g/mol. The van der Waals surface area contributed by atoms with Gasteiger partial charge in [-0.05, 0) is 25.1 Å². The first-order chi connectivity index (χ1) is 12.5. The maximum atomic E-state index is 12.4. The zero-order chi connectivity index (χ0) is 18.7. The molecule has 3 aromatic rings. The van der Waals surface area contributed by atoms with E-state index in [-0.39, 0.29) is 31.0 Å². The lowest BCUT2D eigenvalue weighted by Crippen LogP contribution is -2.15. The van der Waals surface area contributed by atoms with Crippen molar-refractivity contribution in [1.29, 1.82) is 0 Å². The molecule has 0 unspecified atom stereocenters. The maximum Gasteiger partial charge on any atom is 0.306 e. The summed E-state index contributed by atoms with van der Waals surface area (Å²) in [5, 5.41) is 0.802. The number of thiophene rings is 1. The van der Waals surface area contributed by atoms with Crippen LogP contribution in [0.1, 0.15) is 38.6 Å². The standard InChI is InChI=1S/C19H16ClNO4S/c1-11-19(12-4-2-3-5-13(12)21-11)15(23)10-25-18(24)9-6-14(22)16-7-8-17(20)26-16/h2-5,7-8,21H,6,9-10H2,1H3. The number of carbonyl (C=O) groups excluding carboxylic acids is 3. The molecule has 1 aromatic carbocycles. The van der Waals surface area contributed by atoms with E-state index in [4.69, 9.17) is 16.3 Å². The van der Waals surface area contributed by atoms with E-state index >= 15 is 0 Å². The molecule has 1 N–H and O–H groups in total. The quantitative estimate of drug-likeness (QED) is 0.474. The van der Waals surface area contributed by atoms with Gasteiger partial charge in [0.15, 0.2) is 12.4 Å². The van der Waals surface area contributed by atoms with Crippen LogP contribution in [0, 0.1) is 6.92 Å². The lowest BCUT2D eigenvalue weighted by atomic mass is 10.1. The molecular weight excluding hydrogens is 374 g/mol. The Labute approximate surface area is 158 Å². The van der Waals surface area contributed by atoms with Crippen LogP contribution in [0.15, 0.2) is 36.4 Å². The molecule has 0 bridgehead atoms. The number of ether oxygens (including phenoxy) is 1. The Bertz CT molecular complexity index is 989. The second-order valence-electron chi connectivity index (χ2n) is 5.78. The van der Waals surface area contributed by atoms with Gasteiger partial charge in [0.05, 0.1) is 15.6 Å². The number of aromatic amines is 1. The van der Waals surface area contributed by atoms with Crippen LogP contribution >= 0.6 is 22.9 Å². The van der Waals surface area contributed by atoms with Crippen molar-refractivity contribution in [2.24, 2.45) is 0 Å². The molecule has 0 aliphatic carbocycles. The highest BCUT2D eigenvalue weighted by Gasteiger charge is 2.18. The van der Waals surface area contributed by atoms with Gasteiger partial charge in [0.1, 0.15) is 0 Å². The summed E-state index contributed by atoms with van der Waals surface area (Å²) < 4.78 is 5.57. The molecule has 0 aliphatic heterocycles. The summed E-state index contributed by atoms with van der Waals surface area (Å²) in [6, 6.07) is 10.7. The molecule has 0 atom stereocenters. The molecule has 0 amide bonds. The largest absolute Gasteiger partial charge is 0.457 e. The van der Waals surface area contributed by atoms with Crippen LogP contribution in [0.4, 0.5) is 0 Å². The van der Waals surface area contributed by atoms with E-state index in [1.165, 1.54) is 11.3 Å². The number of hydrogen-bond donors (Lipinski definition) is 1. The SMILES string of the molecule is Cc1[nH]c2ccccc2c1C(=O)COC(=O)CCC(=O)c1ccc(Cl)s1. The fourth-order valence-corrected chi connectivity index (χ4v) is 3.74. The smallest absolute Gasteiger partial charge is 0.306 e. The van der Waals surface area contributed by atoms with Gasteiger partial charge in [0.2, 0.25) is 5.78 Å². The predicted octanol–water partition coefficient (Wildman–Crippen LogP) is 4.58. The number of nitrogens with one attached hydrogen (secondary N) is 1. The number of fused-ring (bicyclic) bond motifs is 1. The number of H-pyrrole nitrogens is 1. The second kappa shape index (κ2) is 7.85. The first-order valence-corrected chi connectivity index (χ1v) is 9.20. The Hall–Kier alpha value is -2.44. The van der Waals surface area contributed by atoms with E-state index in [1.807, 2.05) is 24.3 Å². The molecule has 2 aromatic heterocycles. The van der Waals surface area contributed by atoms with Crippen molar-refractivity contribution in [3.05, 3.63) is 56.9 Å². The van der Waals surface area contributed by atoms with Crippen molar-refractivity contribution < 1.29 is 19.1 Å². The van der Waals surface area contributed by atoms with Crippen LogP contribution in [-0.2, 0) is 9.53 Å². The van der Waals surface area contributed by atoms with E-state index in [0.29, 0.717) is 14.8 Å². The summed E-state index contributed by atoms with van der Waals surface area (Å²) >= 11 is 6.96.